The standard InChI is InChI=1S/C60H35N3/c1-3-13-47-45(11-1)51-17-5-15-49-43(21-23-53(47)59(49)51)40-29-41(44-22-24-54-48-14-4-2-12-46(48)52-18-6-16-50(44)60(52)54)31-42(30-40)63-57-25-19-36(38-9-7-27-61-34-38)32-55(57)56-33-37(20-26-58(56)63)39-10-8-28-62-35-39/h1-35H. The Bertz CT molecular complexity index is 3590. The van der Waals surface area contributed by atoms with Gasteiger partial charge in [0, 0.05) is 52.4 Å². The summed E-state index contributed by atoms with van der Waals surface area (Å²) in [7, 11) is 0. The van der Waals surface area contributed by atoms with Crippen LogP contribution in [0, 0.1) is 0 Å². The lowest BCUT2D eigenvalue weighted by molar-refractivity contribution is 1.18. The molecule has 3 nitrogen and oxygen atoms in total. The van der Waals surface area contributed by atoms with Crippen molar-refractivity contribution in [2.45, 2.75) is 0 Å². The Balaban J connectivity index is 1.06. The topological polar surface area (TPSA) is 30.7 Å². The van der Waals surface area contributed by atoms with Gasteiger partial charge in [-0.25, -0.2) is 0 Å². The van der Waals surface area contributed by atoms with Crippen molar-refractivity contribution in [3.8, 4) is 94.7 Å². The molecule has 2 aliphatic rings. The largest absolute Gasteiger partial charge is 0.309 e. The van der Waals surface area contributed by atoms with Gasteiger partial charge in [0.2, 0.25) is 0 Å². The van der Waals surface area contributed by atoms with Crippen molar-refractivity contribution in [1.82, 2.24) is 14.5 Å². The fourth-order valence-corrected chi connectivity index (χ4v) is 10.9. The molecule has 0 bridgehead atoms. The fourth-order valence-electron chi connectivity index (χ4n) is 10.9. The molecule has 0 saturated carbocycles. The number of hydrogen-bond donors (Lipinski definition) is 0. The third-order valence-electron chi connectivity index (χ3n) is 13.6. The molecule has 14 rings (SSSR count). The number of fused-ring (bicyclic) bond motifs is 9. The van der Waals surface area contributed by atoms with Gasteiger partial charge in [-0.1, -0.05) is 133 Å². The molecule has 0 N–H and O–H groups in total. The third-order valence-corrected chi connectivity index (χ3v) is 13.6. The lowest BCUT2D eigenvalue weighted by Gasteiger charge is -2.17. The van der Waals surface area contributed by atoms with E-state index in [0.29, 0.717) is 0 Å². The first-order chi connectivity index (χ1) is 31.2. The Labute approximate surface area is 363 Å². The SMILES string of the molecule is c1cncc(-c2ccc3c(c2)c2cc(-c4cccnc4)ccc2n3-c2cc(-c3ccc4c5c(cccc35)-c3ccccc3-4)cc(-c3ccc4c5c(cccc35)-c3ccccc3-4)c2)c1. The van der Waals surface area contributed by atoms with Crippen LogP contribution in [0.3, 0.4) is 0 Å². The highest BCUT2D eigenvalue weighted by Gasteiger charge is 2.25. The zero-order valence-electron chi connectivity index (χ0n) is 34.0. The second kappa shape index (κ2) is 13.1. The highest BCUT2D eigenvalue weighted by Crippen LogP contribution is 2.52. The zero-order valence-corrected chi connectivity index (χ0v) is 34.0. The van der Waals surface area contributed by atoms with Gasteiger partial charge in [-0.2, -0.15) is 0 Å². The average molecular weight is 798 g/mol. The van der Waals surface area contributed by atoms with E-state index in [2.05, 4.69) is 190 Å². The minimum Gasteiger partial charge on any atom is -0.309 e. The summed E-state index contributed by atoms with van der Waals surface area (Å²) in [6.07, 6.45) is 7.57. The van der Waals surface area contributed by atoms with Crippen molar-refractivity contribution in [1.29, 1.82) is 0 Å². The van der Waals surface area contributed by atoms with Crippen molar-refractivity contribution in [2.75, 3.05) is 0 Å². The van der Waals surface area contributed by atoms with E-state index in [1.54, 1.807) is 0 Å². The predicted molar refractivity (Wildman–Crippen MR) is 262 cm³/mol. The molecule has 0 atom stereocenters. The summed E-state index contributed by atoms with van der Waals surface area (Å²) in [6.45, 7) is 0. The molecule has 9 aromatic carbocycles. The summed E-state index contributed by atoms with van der Waals surface area (Å²) in [5.74, 6) is 0. The van der Waals surface area contributed by atoms with Gasteiger partial charge < -0.3 is 4.57 Å². The molecular formula is C60H35N3. The lowest BCUT2D eigenvalue weighted by atomic mass is 9.90. The minimum absolute atomic E-state index is 1.09. The lowest BCUT2D eigenvalue weighted by Crippen LogP contribution is -1.97. The van der Waals surface area contributed by atoms with Crippen LogP contribution in [0.1, 0.15) is 0 Å². The first-order valence-electron chi connectivity index (χ1n) is 21.6. The summed E-state index contributed by atoms with van der Waals surface area (Å²) in [6, 6.07) is 70.0. The van der Waals surface area contributed by atoms with Gasteiger partial charge in [0.25, 0.3) is 0 Å². The Morgan fingerprint density at radius 1 is 0.270 bits per heavy atom. The van der Waals surface area contributed by atoms with E-state index in [9.17, 15) is 0 Å². The summed E-state index contributed by atoms with van der Waals surface area (Å²) in [4.78, 5) is 8.94. The monoisotopic (exact) mass is 797 g/mol. The number of pyridine rings is 2. The smallest absolute Gasteiger partial charge is 0.0541 e. The fraction of sp³-hybridized carbons (Fsp3) is 0. The minimum atomic E-state index is 1.09. The van der Waals surface area contributed by atoms with Crippen molar-refractivity contribution in [3.63, 3.8) is 0 Å². The molecule has 0 saturated heterocycles. The van der Waals surface area contributed by atoms with Crippen molar-refractivity contribution in [2.24, 2.45) is 0 Å². The van der Waals surface area contributed by atoms with Crippen LogP contribution in [0.2, 0.25) is 0 Å². The summed E-state index contributed by atoms with van der Waals surface area (Å²) in [5, 5.41) is 7.57. The van der Waals surface area contributed by atoms with Crippen LogP contribution in [0.25, 0.3) is 138 Å². The van der Waals surface area contributed by atoms with Crippen LogP contribution >= 0.6 is 0 Å². The van der Waals surface area contributed by atoms with Crippen LogP contribution in [-0.2, 0) is 0 Å². The predicted octanol–water partition coefficient (Wildman–Crippen LogP) is 15.8. The van der Waals surface area contributed by atoms with Gasteiger partial charge in [-0.3, -0.25) is 9.97 Å². The second-order valence-corrected chi connectivity index (χ2v) is 16.9. The van der Waals surface area contributed by atoms with E-state index in [0.717, 1.165) is 39.0 Å². The molecule has 2 aliphatic carbocycles. The molecular weight excluding hydrogens is 763 g/mol. The molecule has 0 radical (unpaired) electrons. The molecule has 0 spiro atoms. The summed E-state index contributed by atoms with van der Waals surface area (Å²) in [5.41, 5.74) is 23.1. The average Bonchev–Trinajstić information content (AvgIpc) is 3.99. The Morgan fingerprint density at radius 3 is 1.14 bits per heavy atom. The summed E-state index contributed by atoms with van der Waals surface area (Å²) < 4.78 is 2.48. The maximum absolute atomic E-state index is 4.47. The Morgan fingerprint density at radius 2 is 0.698 bits per heavy atom. The molecule has 0 fully saturated rings. The Hall–Kier alpha value is -8.40. The molecule has 0 aliphatic heterocycles. The van der Waals surface area contributed by atoms with E-state index < -0.39 is 0 Å². The van der Waals surface area contributed by atoms with Gasteiger partial charge in [0.05, 0.1) is 11.0 Å². The number of aromatic nitrogens is 3. The van der Waals surface area contributed by atoms with Gasteiger partial charge >= 0.3 is 0 Å². The maximum Gasteiger partial charge on any atom is 0.0541 e. The van der Waals surface area contributed by atoms with Gasteiger partial charge in [0.15, 0.2) is 0 Å². The van der Waals surface area contributed by atoms with Crippen LogP contribution in [0.15, 0.2) is 213 Å². The van der Waals surface area contributed by atoms with Crippen LogP contribution < -0.4 is 0 Å². The molecule has 0 amide bonds. The van der Waals surface area contributed by atoms with Gasteiger partial charge in [-0.05, 0) is 154 Å². The molecule has 3 heteroatoms. The third kappa shape index (κ3) is 4.96. The van der Waals surface area contributed by atoms with Gasteiger partial charge in [0.1, 0.15) is 0 Å². The second-order valence-electron chi connectivity index (χ2n) is 16.9. The van der Waals surface area contributed by atoms with E-state index >= 15 is 0 Å². The van der Waals surface area contributed by atoms with E-state index in [-0.39, 0.29) is 0 Å². The molecule has 3 aromatic heterocycles. The quantitative estimate of drug-likeness (QED) is 0.174. The van der Waals surface area contributed by atoms with E-state index in [4.69, 9.17) is 0 Å². The number of nitrogens with zero attached hydrogens (tertiary/aromatic N) is 3. The van der Waals surface area contributed by atoms with Crippen LogP contribution in [0.4, 0.5) is 0 Å². The molecule has 290 valence electrons. The maximum atomic E-state index is 4.47. The van der Waals surface area contributed by atoms with E-state index in [1.807, 2.05) is 36.9 Å². The van der Waals surface area contributed by atoms with Gasteiger partial charge in [-0.15, -0.1) is 0 Å². The highest BCUT2D eigenvalue weighted by molar-refractivity contribution is 6.21. The number of benzene rings is 9. The number of rotatable bonds is 5. The first-order valence-corrected chi connectivity index (χ1v) is 21.6. The first kappa shape index (κ1) is 34.3. The Kier molecular flexibility index (Phi) is 7.11. The zero-order chi connectivity index (χ0) is 41.2. The van der Waals surface area contributed by atoms with Crippen molar-refractivity contribution < 1.29 is 0 Å². The highest BCUT2D eigenvalue weighted by atomic mass is 15.0. The molecule has 12 aromatic rings. The molecule has 3 heterocycles. The van der Waals surface area contributed by atoms with Crippen LogP contribution in [0.5, 0.6) is 0 Å². The van der Waals surface area contributed by atoms with Crippen molar-refractivity contribution in [3.05, 3.63) is 213 Å². The summed E-state index contributed by atoms with van der Waals surface area (Å²) >= 11 is 0. The normalized spacial score (nSPS) is 12.1. The molecule has 0 unspecified atom stereocenters. The number of hydrogen-bond acceptors (Lipinski definition) is 2. The molecule has 63 heavy (non-hydrogen) atoms. The van der Waals surface area contributed by atoms with Crippen LogP contribution in [-0.4, -0.2) is 14.5 Å². The van der Waals surface area contributed by atoms with Crippen molar-refractivity contribution >= 4 is 43.4 Å². The van der Waals surface area contributed by atoms with E-state index in [1.165, 1.54) is 99.1 Å².